The molecule has 0 amide bonds. The average molecular weight is 231 g/mol. The molecule has 1 saturated carbocycles. The van der Waals surface area contributed by atoms with Gasteiger partial charge in [-0.1, -0.05) is 49.8 Å². The highest BCUT2D eigenvalue weighted by Gasteiger charge is 2.30. The Morgan fingerprint density at radius 3 is 2.53 bits per heavy atom. The standard InChI is InChI=1S/C15H21NO/c1-13(14-7-3-2-4-8-14)11-16-12-15(17)9-5-6-10-15/h2-4,7-8,16-17H,1,5-6,9-12H2. The molecule has 0 radical (unpaired) electrons. The van der Waals surface area contributed by atoms with Crippen LogP contribution in [-0.4, -0.2) is 23.8 Å². The van der Waals surface area contributed by atoms with Crippen molar-refractivity contribution in [2.75, 3.05) is 13.1 Å². The number of hydrogen-bond acceptors (Lipinski definition) is 2. The lowest BCUT2D eigenvalue weighted by Crippen LogP contribution is -2.38. The van der Waals surface area contributed by atoms with Gasteiger partial charge < -0.3 is 10.4 Å². The number of rotatable bonds is 5. The van der Waals surface area contributed by atoms with Crippen molar-refractivity contribution in [2.45, 2.75) is 31.3 Å². The normalized spacial score (nSPS) is 18.2. The van der Waals surface area contributed by atoms with Crippen LogP contribution in [0.3, 0.4) is 0 Å². The van der Waals surface area contributed by atoms with Crippen LogP contribution >= 0.6 is 0 Å². The predicted octanol–water partition coefficient (Wildman–Crippen LogP) is 2.59. The maximum absolute atomic E-state index is 10.2. The minimum atomic E-state index is -0.475. The molecule has 0 heterocycles. The van der Waals surface area contributed by atoms with Crippen molar-refractivity contribution in [3.05, 3.63) is 42.5 Å². The van der Waals surface area contributed by atoms with Crippen LogP contribution < -0.4 is 5.32 Å². The highest BCUT2D eigenvalue weighted by molar-refractivity contribution is 5.64. The molecule has 17 heavy (non-hydrogen) atoms. The number of hydrogen-bond donors (Lipinski definition) is 2. The van der Waals surface area contributed by atoms with Crippen molar-refractivity contribution in [3.63, 3.8) is 0 Å². The number of aliphatic hydroxyl groups is 1. The summed E-state index contributed by atoms with van der Waals surface area (Å²) in [6.07, 6.45) is 4.16. The van der Waals surface area contributed by atoms with Crippen LogP contribution in [0.15, 0.2) is 36.9 Å². The Morgan fingerprint density at radius 1 is 1.24 bits per heavy atom. The topological polar surface area (TPSA) is 32.3 Å². The third-order valence-electron chi connectivity index (χ3n) is 3.51. The Balaban J connectivity index is 1.77. The lowest BCUT2D eigenvalue weighted by Gasteiger charge is -2.22. The summed E-state index contributed by atoms with van der Waals surface area (Å²) in [7, 11) is 0. The molecule has 1 aromatic carbocycles. The lowest BCUT2D eigenvalue weighted by atomic mass is 10.0. The van der Waals surface area contributed by atoms with Crippen molar-refractivity contribution in [3.8, 4) is 0 Å². The zero-order valence-corrected chi connectivity index (χ0v) is 10.3. The van der Waals surface area contributed by atoms with Gasteiger partial charge in [-0.15, -0.1) is 0 Å². The lowest BCUT2D eigenvalue weighted by molar-refractivity contribution is 0.0489. The Morgan fingerprint density at radius 2 is 1.88 bits per heavy atom. The molecule has 0 spiro atoms. The van der Waals surface area contributed by atoms with Gasteiger partial charge in [-0.25, -0.2) is 0 Å². The van der Waals surface area contributed by atoms with E-state index in [1.54, 1.807) is 0 Å². The van der Waals surface area contributed by atoms with Gasteiger partial charge in [0.25, 0.3) is 0 Å². The quantitative estimate of drug-likeness (QED) is 0.816. The summed E-state index contributed by atoms with van der Waals surface area (Å²) in [6.45, 7) is 5.49. The summed E-state index contributed by atoms with van der Waals surface area (Å²) >= 11 is 0. The summed E-state index contributed by atoms with van der Waals surface area (Å²) < 4.78 is 0. The van der Waals surface area contributed by atoms with Crippen LogP contribution in [0.4, 0.5) is 0 Å². The molecular formula is C15H21NO. The first-order valence-electron chi connectivity index (χ1n) is 6.36. The third-order valence-corrected chi connectivity index (χ3v) is 3.51. The van der Waals surface area contributed by atoms with E-state index < -0.39 is 5.60 Å². The molecule has 1 aromatic rings. The van der Waals surface area contributed by atoms with Gasteiger partial charge >= 0.3 is 0 Å². The summed E-state index contributed by atoms with van der Waals surface area (Å²) in [5.41, 5.74) is 1.77. The molecule has 1 aliphatic rings. The molecule has 2 N–H and O–H groups in total. The van der Waals surface area contributed by atoms with Crippen molar-refractivity contribution < 1.29 is 5.11 Å². The fourth-order valence-corrected chi connectivity index (χ4v) is 2.43. The van der Waals surface area contributed by atoms with E-state index in [1.807, 2.05) is 18.2 Å². The zero-order chi connectivity index (χ0) is 12.1. The Labute approximate surface area is 103 Å². The second kappa shape index (κ2) is 5.48. The fourth-order valence-electron chi connectivity index (χ4n) is 2.43. The van der Waals surface area contributed by atoms with Gasteiger partial charge in [0.2, 0.25) is 0 Å². The molecule has 2 rings (SSSR count). The second-order valence-electron chi connectivity index (χ2n) is 5.00. The Kier molecular flexibility index (Phi) is 3.97. The van der Waals surface area contributed by atoms with E-state index in [9.17, 15) is 5.11 Å². The molecule has 0 atom stereocenters. The Hall–Kier alpha value is -1.12. The molecule has 0 unspecified atom stereocenters. The van der Waals surface area contributed by atoms with E-state index >= 15 is 0 Å². The van der Waals surface area contributed by atoms with Gasteiger partial charge in [0.05, 0.1) is 5.60 Å². The summed E-state index contributed by atoms with van der Waals surface area (Å²) in [5, 5.41) is 13.5. The van der Waals surface area contributed by atoms with Gasteiger partial charge in [-0.3, -0.25) is 0 Å². The van der Waals surface area contributed by atoms with E-state index in [1.165, 1.54) is 5.56 Å². The first kappa shape index (κ1) is 12.3. The molecule has 1 fully saturated rings. The maximum atomic E-state index is 10.2. The van der Waals surface area contributed by atoms with E-state index in [2.05, 4.69) is 24.0 Å². The van der Waals surface area contributed by atoms with Crippen LogP contribution in [0.5, 0.6) is 0 Å². The number of nitrogens with one attached hydrogen (secondary N) is 1. The van der Waals surface area contributed by atoms with Gasteiger partial charge in [0.15, 0.2) is 0 Å². The van der Waals surface area contributed by atoms with Gasteiger partial charge in [-0.05, 0) is 24.0 Å². The molecule has 0 aromatic heterocycles. The second-order valence-corrected chi connectivity index (χ2v) is 5.00. The third kappa shape index (κ3) is 3.42. The van der Waals surface area contributed by atoms with Gasteiger partial charge in [0.1, 0.15) is 0 Å². The first-order valence-corrected chi connectivity index (χ1v) is 6.36. The molecule has 2 heteroatoms. The SMILES string of the molecule is C=C(CNCC1(O)CCCC1)c1ccccc1. The van der Waals surface area contributed by atoms with E-state index in [0.29, 0.717) is 6.54 Å². The smallest absolute Gasteiger partial charge is 0.0771 e. The molecule has 0 saturated heterocycles. The molecular weight excluding hydrogens is 210 g/mol. The van der Waals surface area contributed by atoms with Crippen molar-refractivity contribution in [2.24, 2.45) is 0 Å². The minimum absolute atomic E-state index is 0.475. The maximum Gasteiger partial charge on any atom is 0.0771 e. The zero-order valence-electron chi connectivity index (χ0n) is 10.3. The summed E-state index contributed by atoms with van der Waals surface area (Å²) in [6, 6.07) is 10.2. The van der Waals surface area contributed by atoms with Crippen LogP contribution in [0, 0.1) is 0 Å². The van der Waals surface area contributed by atoms with Crippen molar-refractivity contribution in [1.82, 2.24) is 5.32 Å². The van der Waals surface area contributed by atoms with Crippen molar-refractivity contribution >= 4 is 5.57 Å². The molecule has 92 valence electrons. The first-order chi connectivity index (χ1) is 8.20. The highest BCUT2D eigenvalue weighted by Crippen LogP contribution is 2.28. The molecule has 0 bridgehead atoms. The van der Waals surface area contributed by atoms with Crippen LogP contribution in [0.1, 0.15) is 31.2 Å². The summed E-state index contributed by atoms with van der Waals surface area (Å²) in [4.78, 5) is 0. The van der Waals surface area contributed by atoms with Gasteiger partial charge in [-0.2, -0.15) is 0 Å². The Bertz CT molecular complexity index is 366. The average Bonchev–Trinajstić information content (AvgIpc) is 2.77. The molecule has 1 aliphatic carbocycles. The van der Waals surface area contributed by atoms with E-state index in [-0.39, 0.29) is 0 Å². The monoisotopic (exact) mass is 231 g/mol. The minimum Gasteiger partial charge on any atom is -0.389 e. The van der Waals surface area contributed by atoms with Gasteiger partial charge in [0, 0.05) is 13.1 Å². The van der Waals surface area contributed by atoms with Crippen LogP contribution in [0.25, 0.3) is 5.57 Å². The fraction of sp³-hybridized carbons (Fsp3) is 0.467. The number of benzene rings is 1. The van der Waals surface area contributed by atoms with E-state index in [4.69, 9.17) is 0 Å². The highest BCUT2D eigenvalue weighted by atomic mass is 16.3. The van der Waals surface area contributed by atoms with E-state index in [0.717, 1.165) is 37.8 Å². The summed E-state index contributed by atoms with van der Waals surface area (Å²) in [5.74, 6) is 0. The molecule has 2 nitrogen and oxygen atoms in total. The molecule has 0 aliphatic heterocycles. The van der Waals surface area contributed by atoms with Crippen LogP contribution in [-0.2, 0) is 0 Å². The van der Waals surface area contributed by atoms with Crippen molar-refractivity contribution in [1.29, 1.82) is 0 Å². The largest absolute Gasteiger partial charge is 0.389 e. The van der Waals surface area contributed by atoms with Crippen LogP contribution in [0.2, 0.25) is 0 Å². The predicted molar refractivity (Wildman–Crippen MR) is 71.8 cm³/mol.